The standard InChI is InChI=1S/C32H40BrFN4O5SSi/c1-20-15-22(18-35-17-20)31-37-36-28(38(31)29-26(41-6)11-10-12-27(29)42-7)19-44(39,40)21(2)30(43-45(8,9)32(3,4)5)24-14-13-23(33)16-25(24)34/h10-18,21,30H,19H2,1-9H3/t21-,30+/m0/s1. The number of halogens is 2. The Morgan fingerprint density at radius 1 is 1.02 bits per heavy atom. The summed E-state index contributed by atoms with van der Waals surface area (Å²) in [6, 6.07) is 11.7. The topological polar surface area (TPSA) is 105 Å². The van der Waals surface area contributed by atoms with Gasteiger partial charge in [0.25, 0.3) is 0 Å². The van der Waals surface area contributed by atoms with Gasteiger partial charge in [-0.25, -0.2) is 12.8 Å². The van der Waals surface area contributed by atoms with Crippen LogP contribution in [0.3, 0.4) is 0 Å². The predicted molar refractivity (Wildman–Crippen MR) is 180 cm³/mol. The van der Waals surface area contributed by atoms with E-state index < -0.39 is 41.1 Å². The summed E-state index contributed by atoms with van der Waals surface area (Å²) < 4.78 is 64.4. The molecule has 2 atom stereocenters. The molecule has 0 aliphatic carbocycles. The summed E-state index contributed by atoms with van der Waals surface area (Å²) in [5.41, 5.74) is 2.13. The van der Waals surface area contributed by atoms with Gasteiger partial charge >= 0.3 is 0 Å². The number of aromatic nitrogens is 4. The summed E-state index contributed by atoms with van der Waals surface area (Å²) in [4.78, 5) is 4.30. The van der Waals surface area contributed by atoms with Gasteiger partial charge in [-0.05, 0) is 67.9 Å². The molecule has 4 rings (SSSR count). The van der Waals surface area contributed by atoms with E-state index in [1.165, 1.54) is 20.3 Å². The van der Waals surface area contributed by atoms with Crippen molar-refractivity contribution in [2.45, 2.75) is 69.9 Å². The lowest BCUT2D eigenvalue weighted by atomic mass is 10.1. The first kappa shape index (κ1) is 34.7. The van der Waals surface area contributed by atoms with Crippen molar-refractivity contribution in [1.29, 1.82) is 0 Å². The highest BCUT2D eigenvalue weighted by molar-refractivity contribution is 9.10. The van der Waals surface area contributed by atoms with Crippen molar-refractivity contribution in [1.82, 2.24) is 19.7 Å². The summed E-state index contributed by atoms with van der Waals surface area (Å²) in [5, 5.41) is 7.40. The minimum atomic E-state index is -4.05. The highest BCUT2D eigenvalue weighted by Crippen LogP contribution is 2.43. The number of pyridine rings is 1. The van der Waals surface area contributed by atoms with E-state index in [0.717, 1.165) is 5.56 Å². The minimum Gasteiger partial charge on any atom is -0.494 e. The molecule has 2 heterocycles. The number of sulfone groups is 1. The number of nitrogens with zero attached hydrogens (tertiary/aromatic N) is 4. The van der Waals surface area contributed by atoms with Gasteiger partial charge < -0.3 is 13.9 Å². The molecule has 45 heavy (non-hydrogen) atoms. The van der Waals surface area contributed by atoms with Gasteiger partial charge in [0.1, 0.15) is 28.8 Å². The number of hydrogen-bond donors (Lipinski definition) is 0. The maximum atomic E-state index is 15.5. The maximum Gasteiger partial charge on any atom is 0.192 e. The Labute approximate surface area is 274 Å². The summed E-state index contributed by atoms with van der Waals surface area (Å²) in [7, 11) is -3.59. The lowest BCUT2D eigenvalue weighted by molar-refractivity contribution is 0.177. The molecule has 0 spiro atoms. The summed E-state index contributed by atoms with van der Waals surface area (Å²) in [6.45, 7) is 13.7. The Morgan fingerprint density at radius 3 is 2.22 bits per heavy atom. The van der Waals surface area contributed by atoms with Crippen LogP contribution in [-0.4, -0.2) is 56.0 Å². The first-order chi connectivity index (χ1) is 21.0. The molecule has 2 aromatic carbocycles. The first-order valence-electron chi connectivity index (χ1n) is 14.4. The molecule has 0 fully saturated rings. The Hall–Kier alpha value is -3.13. The van der Waals surface area contributed by atoms with Gasteiger partial charge in [0.05, 0.1) is 25.6 Å². The summed E-state index contributed by atoms with van der Waals surface area (Å²) >= 11 is 3.31. The molecule has 0 N–H and O–H groups in total. The second-order valence-electron chi connectivity index (χ2n) is 12.5. The first-order valence-corrected chi connectivity index (χ1v) is 19.8. The molecule has 2 aromatic heterocycles. The van der Waals surface area contributed by atoms with Crippen molar-refractivity contribution >= 4 is 34.1 Å². The predicted octanol–water partition coefficient (Wildman–Crippen LogP) is 7.62. The van der Waals surface area contributed by atoms with Crippen molar-refractivity contribution in [2.24, 2.45) is 0 Å². The average Bonchev–Trinajstić information content (AvgIpc) is 3.36. The van der Waals surface area contributed by atoms with E-state index in [1.807, 2.05) is 26.1 Å². The van der Waals surface area contributed by atoms with Gasteiger partial charge in [0.15, 0.2) is 29.8 Å². The number of para-hydroxylation sites is 1. The zero-order valence-corrected chi connectivity index (χ0v) is 30.5. The van der Waals surface area contributed by atoms with Crippen molar-refractivity contribution < 1.29 is 26.7 Å². The fourth-order valence-electron chi connectivity index (χ4n) is 4.70. The number of methoxy groups -OCH3 is 2. The molecule has 0 bridgehead atoms. The van der Waals surface area contributed by atoms with Crippen LogP contribution in [0.2, 0.25) is 18.1 Å². The Morgan fingerprint density at radius 2 is 1.67 bits per heavy atom. The SMILES string of the molecule is COc1cccc(OC)c1-n1c(CS(=O)(=O)[C@@H](C)[C@@H](O[Si](C)(C)C(C)(C)C)c2ccc(Br)cc2F)nnc1-c1cncc(C)c1. The lowest BCUT2D eigenvalue weighted by Crippen LogP contribution is -2.45. The summed E-state index contributed by atoms with van der Waals surface area (Å²) in [5.74, 6) is 0.282. The van der Waals surface area contributed by atoms with Crippen LogP contribution in [-0.2, 0) is 20.0 Å². The Bertz CT molecular complexity index is 1770. The molecule has 0 aliphatic heterocycles. The number of ether oxygens (including phenoxy) is 2. The second kappa shape index (κ2) is 13.3. The second-order valence-corrected chi connectivity index (χ2v) is 20.5. The molecule has 9 nitrogen and oxygen atoms in total. The molecule has 242 valence electrons. The van der Waals surface area contributed by atoms with E-state index in [-0.39, 0.29) is 16.4 Å². The Kier molecular flexibility index (Phi) is 10.3. The van der Waals surface area contributed by atoms with Crippen LogP contribution in [0.25, 0.3) is 17.1 Å². The molecule has 0 radical (unpaired) electrons. The molecule has 0 unspecified atom stereocenters. The lowest BCUT2D eigenvalue weighted by Gasteiger charge is -2.41. The normalized spacial score (nSPS) is 13.8. The fourth-order valence-corrected chi connectivity index (χ4v) is 7.84. The number of rotatable bonds is 11. The quantitative estimate of drug-likeness (QED) is 0.146. The third-order valence-electron chi connectivity index (χ3n) is 8.31. The van der Waals surface area contributed by atoms with Crippen LogP contribution in [0.15, 0.2) is 59.3 Å². The molecule has 13 heteroatoms. The number of hydrogen-bond acceptors (Lipinski definition) is 8. The van der Waals surface area contributed by atoms with E-state index in [9.17, 15) is 8.42 Å². The molecular formula is C32H40BrFN4O5SSi. The smallest absolute Gasteiger partial charge is 0.192 e. The van der Waals surface area contributed by atoms with Gasteiger partial charge in [-0.1, -0.05) is 48.8 Å². The van der Waals surface area contributed by atoms with Crippen LogP contribution >= 0.6 is 15.9 Å². The van der Waals surface area contributed by atoms with Crippen LogP contribution in [0.5, 0.6) is 11.5 Å². The maximum absolute atomic E-state index is 15.5. The van der Waals surface area contributed by atoms with Crippen LogP contribution in [0, 0.1) is 12.7 Å². The molecule has 0 amide bonds. The highest BCUT2D eigenvalue weighted by Gasteiger charge is 2.44. The zero-order chi connectivity index (χ0) is 33.3. The van der Waals surface area contributed by atoms with E-state index in [1.54, 1.807) is 54.2 Å². The van der Waals surface area contributed by atoms with Crippen LogP contribution in [0.1, 0.15) is 50.8 Å². The minimum absolute atomic E-state index is 0.128. The van der Waals surface area contributed by atoms with E-state index in [4.69, 9.17) is 13.9 Å². The molecule has 0 saturated carbocycles. The van der Waals surface area contributed by atoms with Crippen molar-refractivity contribution in [3.05, 3.63) is 82.1 Å². The van der Waals surface area contributed by atoms with Gasteiger partial charge in [0, 0.05) is 28.0 Å². The van der Waals surface area contributed by atoms with Crippen molar-refractivity contribution in [3.8, 4) is 28.6 Å². The monoisotopic (exact) mass is 718 g/mol. The molecule has 0 saturated heterocycles. The van der Waals surface area contributed by atoms with Gasteiger partial charge in [-0.3, -0.25) is 9.55 Å². The van der Waals surface area contributed by atoms with Gasteiger partial charge in [0.2, 0.25) is 0 Å². The fraction of sp³-hybridized carbons (Fsp3) is 0.406. The molecule has 4 aromatic rings. The van der Waals surface area contributed by atoms with Crippen LogP contribution < -0.4 is 9.47 Å². The highest BCUT2D eigenvalue weighted by atomic mass is 79.9. The van der Waals surface area contributed by atoms with E-state index in [0.29, 0.717) is 33.0 Å². The van der Waals surface area contributed by atoms with E-state index >= 15 is 4.39 Å². The molecule has 0 aliphatic rings. The van der Waals surface area contributed by atoms with Crippen LogP contribution in [0.4, 0.5) is 4.39 Å². The molecular weight excluding hydrogens is 679 g/mol. The average molecular weight is 720 g/mol. The van der Waals surface area contributed by atoms with E-state index in [2.05, 4.69) is 51.9 Å². The van der Waals surface area contributed by atoms with Gasteiger partial charge in [-0.15, -0.1) is 10.2 Å². The zero-order valence-electron chi connectivity index (χ0n) is 27.1. The third kappa shape index (κ3) is 7.31. The third-order valence-corrected chi connectivity index (χ3v) is 15.3. The van der Waals surface area contributed by atoms with Crippen molar-refractivity contribution in [3.63, 3.8) is 0 Å². The summed E-state index contributed by atoms with van der Waals surface area (Å²) in [6.07, 6.45) is 2.28. The van der Waals surface area contributed by atoms with Crippen molar-refractivity contribution in [2.75, 3.05) is 14.2 Å². The van der Waals surface area contributed by atoms with Gasteiger partial charge in [-0.2, -0.15) is 0 Å². The Balaban J connectivity index is 1.88. The largest absolute Gasteiger partial charge is 0.494 e. The number of benzene rings is 2. The number of aryl methyl sites for hydroxylation is 1.